The van der Waals surface area contributed by atoms with Crippen molar-refractivity contribution < 1.29 is 9.52 Å². The lowest BCUT2D eigenvalue weighted by molar-refractivity contribution is 0.476. The van der Waals surface area contributed by atoms with E-state index < -0.39 is 0 Å². The van der Waals surface area contributed by atoms with Gasteiger partial charge in [0.15, 0.2) is 11.0 Å². The number of aromatic nitrogens is 1. The monoisotopic (exact) mass is 311 g/mol. The number of rotatable bonds is 1. The fourth-order valence-electron chi connectivity index (χ4n) is 2.51. The van der Waals surface area contributed by atoms with Crippen LogP contribution in [0, 0.1) is 0 Å². The highest BCUT2D eigenvalue weighted by atomic mass is 35.5. The molecule has 0 bridgehead atoms. The summed E-state index contributed by atoms with van der Waals surface area (Å²) in [6, 6.07) is 11.6. The molecule has 0 aliphatic rings. The van der Waals surface area contributed by atoms with Gasteiger partial charge in [0.2, 0.25) is 5.88 Å². The normalized spacial score (nSPS) is 11.3. The van der Waals surface area contributed by atoms with Gasteiger partial charge in [-0.2, -0.15) is 0 Å². The minimum absolute atomic E-state index is 0.153. The predicted molar refractivity (Wildman–Crippen MR) is 86.0 cm³/mol. The van der Waals surface area contributed by atoms with E-state index in [1.54, 1.807) is 47.2 Å². The number of phenols is 1. The number of hydrogen-bond donors (Lipinski definition) is 1. The standard InChI is InChI=1S/C17H10ClNO3/c18-14-3-1-2-13-15(21)7-16(22-17(13)14)19-8-10-4-5-12(20)6-11(10)9-19/h1-9,20H. The molecule has 4 nitrogen and oxygen atoms in total. The lowest BCUT2D eigenvalue weighted by atomic mass is 10.2. The second kappa shape index (κ2) is 4.64. The van der Waals surface area contributed by atoms with E-state index in [2.05, 4.69) is 0 Å². The van der Waals surface area contributed by atoms with Crippen molar-refractivity contribution in [2.45, 2.75) is 0 Å². The highest BCUT2D eigenvalue weighted by Gasteiger charge is 2.10. The van der Waals surface area contributed by atoms with E-state index in [1.165, 1.54) is 6.07 Å². The highest BCUT2D eigenvalue weighted by Crippen LogP contribution is 2.26. The van der Waals surface area contributed by atoms with Crippen molar-refractivity contribution in [3.05, 3.63) is 70.1 Å². The van der Waals surface area contributed by atoms with Crippen molar-refractivity contribution in [3.63, 3.8) is 0 Å². The van der Waals surface area contributed by atoms with Crippen LogP contribution in [0.2, 0.25) is 5.02 Å². The van der Waals surface area contributed by atoms with Crippen LogP contribution in [0.25, 0.3) is 27.6 Å². The first-order chi connectivity index (χ1) is 10.6. The lowest BCUT2D eigenvalue weighted by Crippen LogP contribution is -2.03. The van der Waals surface area contributed by atoms with Gasteiger partial charge in [-0.25, -0.2) is 0 Å². The molecule has 1 N–H and O–H groups in total. The molecule has 0 fully saturated rings. The molecule has 0 unspecified atom stereocenters. The van der Waals surface area contributed by atoms with Crippen LogP contribution in [0.1, 0.15) is 0 Å². The average molecular weight is 312 g/mol. The summed E-state index contributed by atoms with van der Waals surface area (Å²) in [6.45, 7) is 0. The molecule has 0 aliphatic heterocycles. The summed E-state index contributed by atoms with van der Waals surface area (Å²) in [5.74, 6) is 0.564. The molecular formula is C17H10ClNO3. The third kappa shape index (κ3) is 1.96. The summed E-state index contributed by atoms with van der Waals surface area (Å²) in [6.07, 6.45) is 3.62. The van der Waals surface area contributed by atoms with Crippen molar-refractivity contribution in [1.82, 2.24) is 4.57 Å². The van der Waals surface area contributed by atoms with Crippen LogP contribution in [-0.2, 0) is 0 Å². The fourth-order valence-corrected chi connectivity index (χ4v) is 2.73. The minimum Gasteiger partial charge on any atom is -0.508 e. The van der Waals surface area contributed by atoms with Crippen LogP contribution in [0.15, 0.2) is 64.1 Å². The summed E-state index contributed by atoms with van der Waals surface area (Å²) in [7, 11) is 0. The zero-order chi connectivity index (χ0) is 15.3. The molecule has 4 rings (SSSR count). The molecule has 0 amide bonds. The summed E-state index contributed by atoms with van der Waals surface area (Å²) < 4.78 is 7.49. The number of para-hydroxylation sites is 1. The molecule has 5 heteroatoms. The van der Waals surface area contributed by atoms with E-state index in [1.807, 2.05) is 6.20 Å². The smallest absolute Gasteiger partial charge is 0.208 e. The number of benzene rings is 2. The van der Waals surface area contributed by atoms with Crippen molar-refractivity contribution >= 4 is 33.3 Å². The SMILES string of the molecule is O=c1cc(-n2cc3ccc(O)cc3c2)oc2c(Cl)cccc12. The Kier molecular flexibility index (Phi) is 2.74. The molecule has 2 heterocycles. The van der Waals surface area contributed by atoms with Crippen molar-refractivity contribution in [3.8, 4) is 11.6 Å². The molecule has 0 radical (unpaired) electrons. The van der Waals surface area contributed by atoms with Gasteiger partial charge in [0.05, 0.1) is 10.4 Å². The molecule has 2 aromatic carbocycles. The van der Waals surface area contributed by atoms with Crippen LogP contribution in [0.5, 0.6) is 5.75 Å². The van der Waals surface area contributed by atoms with E-state index in [9.17, 15) is 9.90 Å². The third-order valence-electron chi connectivity index (χ3n) is 3.57. The fraction of sp³-hybridized carbons (Fsp3) is 0. The maximum absolute atomic E-state index is 12.2. The maximum atomic E-state index is 12.2. The van der Waals surface area contributed by atoms with Crippen LogP contribution >= 0.6 is 11.6 Å². The highest BCUT2D eigenvalue weighted by molar-refractivity contribution is 6.34. The van der Waals surface area contributed by atoms with Gasteiger partial charge in [-0.15, -0.1) is 0 Å². The second-order valence-corrected chi connectivity index (χ2v) is 5.45. The van der Waals surface area contributed by atoms with Crippen molar-refractivity contribution in [2.24, 2.45) is 0 Å². The summed E-state index contributed by atoms with van der Waals surface area (Å²) in [5.41, 5.74) is 0.214. The second-order valence-electron chi connectivity index (χ2n) is 5.04. The Labute approximate surface area is 129 Å². The van der Waals surface area contributed by atoms with Crippen molar-refractivity contribution in [1.29, 1.82) is 0 Å². The summed E-state index contributed by atoms with van der Waals surface area (Å²) in [4.78, 5) is 12.2. The number of hydrogen-bond acceptors (Lipinski definition) is 3. The Bertz CT molecular complexity index is 1080. The molecule has 22 heavy (non-hydrogen) atoms. The van der Waals surface area contributed by atoms with E-state index >= 15 is 0 Å². The number of phenolic OH excluding ortho intramolecular Hbond substituents is 1. The first-order valence-electron chi connectivity index (χ1n) is 6.65. The lowest BCUT2D eigenvalue weighted by Gasteiger charge is -2.04. The molecule has 108 valence electrons. The van der Waals surface area contributed by atoms with E-state index in [4.69, 9.17) is 16.0 Å². The van der Waals surface area contributed by atoms with Gasteiger partial charge in [0.1, 0.15) is 5.75 Å². The first kappa shape index (κ1) is 13.0. The Balaban J connectivity index is 1.99. The third-order valence-corrected chi connectivity index (χ3v) is 3.87. The molecule has 0 saturated heterocycles. The Morgan fingerprint density at radius 2 is 1.86 bits per heavy atom. The zero-order valence-corrected chi connectivity index (χ0v) is 12.0. The largest absolute Gasteiger partial charge is 0.508 e. The number of aromatic hydroxyl groups is 1. The first-order valence-corrected chi connectivity index (χ1v) is 7.03. The Morgan fingerprint density at radius 1 is 1.05 bits per heavy atom. The van der Waals surface area contributed by atoms with Gasteiger partial charge in [-0.3, -0.25) is 9.36 Å². The molecule has 2 aromatic heterocycles. The van der Waals surface area contributed by atoms with Gasteiger partial charge in [0, 0.05) is 29.2 Å². The quantitative estimate of drug-likeness (QED) is 0.576. The average Bonchev–Trinajstić information content (AvgIpc) is 2.91. The van der Waals surface area contributed by atoms with Crippen LogP contribution in [-0.4, -0.2) is 9.67 Å². The molecule has 0 saturated carbocycles. The molecule has 0 aliphatic carbocycles. The number of fused-ring (bicyclic) bond motifs is 2. The molecular weight excluding hydrogens is 302 g/mol. The molecule has 4 aromatic rings. The van der Waals surface area contributed by atoms with E-state index in [0.29, 0.717) is 21.9 Å². The summed E-state index contributed by atoms with van der Waals surface area (Å²) in [5, 5.41) is 12.2. The topological polar surface area (TPSA) is 55.4 Å². The van der Waals surface area contributed by atoms with E-state index in [0.717, 1.165) is 10.8 Å². The van der Waals surface area contributed by atoms with Gasteiger partial charge in [-0.1, -0.05) is 17.7 Å². The number of halogens is 1. The summed E-state index contributed by atoms with van der Waals surface area (Å²) >= 11 is 6.11. The van der Waals surface area contributed by atoms with Gasteiger partial charge in [0.25, 0.3) is 0 Å². The van der Waals surface area contributed by atoms with Crippen LogP contribution < -0.4 is 5.43 Å². The van der Waals surface area contributed by atoms with Gasteiger partial charge < -0.3 is 9.52 Å². The van der Waals surface area contributed by atoms with Crippen molar-refractivity contribution in [2.75, 3.05) is 0 Å². The zero-order valence-electron chi connectivity index (χ0n) is 11.3. The number of nitrogens with zero attached hydrogens (tertiary/aromatic N) is 1. The Hall–Kier alpha value is -2.72. The maximum Gasteiger partial charge on any atom is 0.208 e. The minimum atomic E-state index is -0.153. The van der Waals surface area contributed by atoms with Crippen LogP contribution in [0.3, 0.4) is 0 Å². The molecule has 0 atom stereocenters. The Morgan fingerprint density at radius 3 is 2.73 bits per heavy atom. The van der Waals surface area contributed by atoms with Crippen LogP contribution in [0.4, 0.5) is 0 Å². The van der Waals surface area contributed by atoms with E-state index in [-0.39, 0.29) is 11.2 Å². The van der Waals surface area contributed by atoms with Gasteiger partial charge >= 0.3 is 0 Å². The molecule has 0 spiro atoms. The predicted octanol–water partition coefficient (Wildman–Crippen LogP) is 4.10. The van der Waals surface area contributed by atoms with Gasteiger partial charge in [-0.05, 0) is 30.3 Å².